The van der Waals surface area contributed by atoms with Gasteiger partial charge in [0.05, 0.1) is 11.3 Å². The number of carboxylic acid groups (broad SMARTS) is 1. The van der Waals surface area contributed by atoms with Gasteiger partial charge in [0.2, 0.25) is 0 Å². The standard InChI is InChI=1S/C23H26N2O7/c1-22(2,3)31-20(28)24-12-10-14(19(26)27)17-13-8-7-9-15(18(13)30-16(17)11-12)25-21(29)32-23(4,5)6/h7-11H,1-6H3,(H,24,28)(H,25,29)(H,26,27). The first-order valence-corrected chi connectivity index (χ1v) is 9.96. The molecule has 2 aromatic carbocycles. The minimum absolute atomic E-state index is 0.0678. The van der Waals surface area contributed by atoms with Gasteiger partial charge in [0.1, 0.15) is 16.8 Å². The number of carbonyl (C=O) groups excluding carboxylic acids is 2. The number of benzene rings is 2. The number of furan rings is 1. The van der Waals surface area contributed by atoms with Crippen molar-refractivity contribution in [3.05, 3.63) is 35.9 Å². The summed E-state index contributed by atoms with van der Waals surface area (Å²) >= 11 is 0. The van der Waals surface area contributed by atoms with Gasteiger partial charge in [-0.2, -0.15) is 0 Å². The van der Waals surface area contributed by atoms with Crippen LogP contribution in [0, 0.1) is 0 Å². The van der Waals surface area contributed by atoms with Gasteiger partial charge in [-0.3, -0.25) is 10.6 Å². The average molecular weight is 442 g/mol. The lowest BCUT2D eigenvalue weighted by atomic mass is 10.0. The van der Waals surface area contributed by atoms with Gasteiger partial charge < -0.3 is 19.0 Å². The number of carboxylic acids is 1. The predicted octanol–water partition coefficient (Wildman–Crippen LogP) is 5.98. The summed E-state index contributed by atoms with van der Waals surface area (Å²) < 4.78 is 16.4. The van der Waals surface area contributed by atoms with Crippen molar-refractivity contribution >= 4 is 51.5 Å². The number of anilines is 2. The molecule has 0 unspecified atom stereocenters. The summed E-state index contributed by atoms with van der Waals surface area (Å²) in [5, 5.41) is 15.8. The molecule has 3 N–H and O–H groups in total. The Morgan fingerprint density at radius 3 is 2.06 bits per heavy atom. The molecule has 9 heteroatoms. The summed E-state index contributed by atoms with van der Waals surface area (Å²) in [4.78, 5) is 36.3. The highest BCUT2D eigenvalue weighted by Gasteiger charge is 2.23. The second-order valence-electron chi connectivity index (χ2n) is 9.24. The lowest BCUT2D eigenvalue weighted by Crippen LogP contribution is -2.27. The third-order valence-electron chi connectivity index (χ3n) is 4.11. The number of amides is 2. The molecule has 9 nitrogen and oxygen atoms in total. The second kappa shape index (κ2) is 8.07. The SMILES string of the molecule is CC(C)(C)OC(=O)Nc1cc(C(=O)O)c2c(c1)oc1c(NC(=O)OC(C)(C)C)cccc12. The molecular formula is C23H26N2O7. The summed E-state index contributed by atoms with van der Waals surface area (Å²) in [6.45, 7) is 10.4. The first kappa shape index (κ1) is 22.9. The summed E-state index contributed by atoms with van der Waals surface area (Å²) in [7, 11) is 0. The highest BCUT2D eigenvalue weighted by Crippen LogP contribution is 2.37. The molecule has 3 rings (SSSR count). The Morgan fingerprint density at radius 1 is 0.906 bits per heavy atom. The molecule has 0 aliphatic heterocycles. The molecular weight excluding hydrogens is 416 g/mol. The number of carbonyl (C=O) groups is 3. The van der Waals surface area contributed by atoms with E-state index in [-0.39, 0.29) is 22.4 Å². The molecule has 1 heterocycles. The second-order valence-corrected chi connectivity index (χ2v) is 9.24. The number of hydrogen-bond acceptors (Lipinski definition) is 6. The normalized spacial score (nSPS) is 11.9. The van der Waals surface area contributed by atoms with Gasteiger partial charge in [-0.05, 0) is 53.7 Å². The van der Waals surface area contributed by atoms with Crippen molar-refractivity contribution in [3.8, 4) is 0 Å². The monoisotopic (exact) mass is 442 g/mol. The third-order valence-corrected chi connectivity index (χ3v) is 4.11. The third kappa shape index (κ3) is 5.29. The molecule has 2 amide bonds. The molecule has 0 bridgehead atoms. The van der Waals surface area contributed by atoms with Gasteiger partial charge in [0, 0.05) is 22.5 Å². The minimum atomic E-state index is -1.20. The molecule has 170 valence electrons. The van der Waals surface area contributed by atoms with Crippen molar-refractivity contribution in [1.82, 2.24) is 0 Å². The van der Waals surface area contributed by atoms with Crippen LogP contribution in [0.15, 0.2) is 34.7 Å². The molecule has 1 aromatic heterocycles. The van der Waals surface area contributed by atoms with Crippen LogP contribution in [-0.4, -0.2) is 34.5 Å². The molecule has 0 saturated heterocycles. The Kier molecular flexibility index (Phi) is 5.78. The van der Waals surface area contributed by atoms with Crippen molar-refractivity contribution in [1.29, 1.82) is 0 Å². The first-order valence-electron chi connectivity index (χ1n) is 9.96. The molecule has 0 radical (unpaired) electrons. The fraction of sp³-hybridized carbons (Fsp3) is 0.348. The van der Waals surface area contributed by atoms with E-state index in [4.69, 9.17) is 13.9 Å². The van der Waals surface area contributed by atoms with Gasteiger partial charge >= 0.3 is 18.2 Å². The molecule has 0 saturated carbocycles. The van der Waals surface area contributed by atoms with Crippen LogP contribution in [0.3, 0.4) is 0 Å². The lowest BCUT2D eigenvalue weighted by Gasteiger charge is -2.19. The topological polar surface area (TPSA) is 127 Å². The van der Waals surface area contributed by atoms with E-state index in [2.05, 4.69) is 10.6 Å². The highest BCUT2D eigenvalue weighted by atomic mass is 16.6. The average Bonchev–Trinajstić information content (AvgIpc) is 2.97. The van der Waals surface area contributed by atoms with E-state index in [0.29, 0.717) is 16.5 Å². The van der Waals surface area contributed by atoms with Crippen molar-refractivity contribution in [2.24, 2.45) is 0 Å². The minimum Gasteiger partial charge on any atom is -0.478 e. The summed E-state index contributed by atoms with van der Waals surface area (Å²) in [6, 6.07) is 7.81. The van der Waals surface area contributed by atoms with Crippen LogP contribution in [0.1, 0.15) is 51.9 Å². The number of ether oxygens (including phenoxy) is 2. The van der Waals surface area contributed by atoms with Crippen molar-refractivity contribution in [2.45, 2.75) is 52.7 Å². The summed E-state index contributed by atoms with van der Waals surface area (Å²) in [5.74, 6) is -1.20. The van der Waals surface area contributed by atoms with Crippen LogP contribution in [0.4, 0.5) is 21.0 Å². The van der Waals surface area contributed by atoms with Gasteiger partial charge in [0.15, 0.2) is 5.58 Å². The van der Waals surface area contributed by atoms with E-state index in [1.54, 1.807) is 59.7 Å². The van der Waals surface area contributed by atoms with Gasteiger partial charge in [-0.15, -0.1) is 0 Å². The molecule has 32 heavy (non-hydrogen) atoms. The number of nitrogens with one attached hydrogen (secondary N) is 2. The number of aromatic carboxylic acids is 1. The van der Waals surface area contributed by atoms with Crippen LogP contribution in [0.5, 0.6) is 0 Å². The Balaban J connectivity index is 2.07. The lowest BCUT2D eigenvalue weighted by molar-refractivity contribution is 0.0624. The number of rotatable bonds is 3. The van der Waals surface area contributed by atoms with Gasteiger partial charge in [-0.25, -0.2) is 14.4 Å². The maximum atomic E-state index is 12.2. The first-order chi connectivity index (χ1) is 14.7. The maximum Gasteiger partial charge on any atom is 0.412 e. The van der Waals surface area contributed by atoms with Crippen LogP contribution in [-0.2, 0) is 9.47 Å². The Morgan fingerprint density at radius 2 is 1.50 bits per heavy atom. The molecule has 0 aliphatic rings. The molecule has 0 fully saturated rings. The zero-order valence-electron chi connectivity index (χ0n) is 18.8. The predicted molar refractivity (Wildman–Crippen MR) is 120 cm³/mol. The van der Waals surface area contributed by atoms with Crippen molar-refractivity contribution in [3.63, 3.8) is 0 Å². The number of hydrogen-bond donors (Lipinski definition) is 3. The fourth-order valence-electron chi connectivity index (χ4n) is 3.10. The number of para-hydroxylation sites is 1. The van der Waals surface area contributed by atoms with E-state index in [1.165, 1.54) is 12.1 Å². The maximum absolute atomic E-state index is 12.2. The zero-order chi connectivity index (χ0) is 23.8. The largest absolute Gasteiger partial charge is 0.478 e. The van der Waals surface area contributed by atoms with Gasteiger partial charge in [0.25, 0.3) is 0 Å². The fourth-order valence-corrected chi connectivity index (χ4v) is 3.10. The molecule has 0 spiro atoms. The van der Waals surface area contributed by atoms with Crippen molar-refractivity contribution < 1.29 is 33.4 Å². The molecule has 0 atom stereocenters. The van der Waals surface area contributed by atoms with Crippen LogP contribution >= 0.6 is 0 Å². The van der Waals surface area contributed by atoms with Crippen LogP contribution in [0.25, 0.3) is 21.9 Å². The zero-order valence-corrected chi connectivity index (χ0v) is 18.8. The van der Waals surface area contributed by atoms with Crippen molar-refractivity contribution in [2.75, 3.05) is 10.6 Å². The quantitative estimate of drug-likeness (QED) is 0.455. The number of fused-ring (bicyclic) bond motifs is 3. The van der Waals surface area contributed by atoms with E-state index in [1.807, 2.05) is 0 Å². The summed E-state index contributed by atoms with van der Waals surface area (Å²) in [6.07, 6.45) is -1.40. The Bertz CT molecular complexity index is 1210. The smallest absolute Gasteiger partial charge is 0.412 e. The van der Waals surface area contributed by atoms with E-state index < -0.39 is 29.4 Å². The Labute approximate surface area is 184 Å². The highest BCUT2D eigenvalue weighted by molar-refractivity contribution is 6.18. The molecule has 3 aromatic rings. The summed E-state index contributed by atoms with van der Waals surface area (Å²) in [5.41, 5.74) is -0.442. The Hall–Kier alpha value is -3.75. The van der Waals surface area contributed by atoms with Gasteiger partial charge in [-0.1, -0.05) is 12.1 Å². The molecule has 0 aliphatic carbocycles. The van der Waals surface area contributed by atoms with Crippen LogP contribution < -0.4 is 10.6 Å². The van der Waals surface area contributed by atoms with E-state index in [0.717, 1.165) is 0 Å². The van der Waals surface area contributed by atoms with Crippen LogP contribution in [0.2, 0.25) is 0 Å². The van der Waals surface area contributed by atoms with E-state index in [9.17, 15) is 19.5 Å². The van der Waals surface area contributed by atoms with E-state index >= 15 is 0 Å².